The summed E-state index contributed by atoms with van der Waals surface area (Å²) in [6.07, 6.45) is 0.905. The van der Waals surface area contributed by atoms with Crippen molar-refractivity contribution in [3.05, 3.63) is 21.7 Å². The van der Waals surface area contributed by atoms with Crippen molar-refractivity contribution in [1.82, 2.24) is 0 Å². The molecule has 132 valence electrons. The fourth-order valence-corrected chi connectivity index (χ4v) is 3.34. The van der Waals surface area contributed by atoms with Crippen LogP contribution in [0.15, 0.2) is 21.7 Å². The Hall–Kier alpha value is -0.500. The normalized spacial score (nSPS) is 30.5. The molecule has 1 aliphatic carbocycles. The van der Waals surface area contributed by atoms with Gasteiger partial charge in [-0.1, -0.05) is 46.4 Å². The van der Waals surface area contributed by atoms with Crippen molar-refractivity contribution >= 4 is 58.3 Å². The topological polar surface area (TPSA) is 77.7 Å². The quantitative estimate of drug-likeness (QED) is 0.375. The van der Waals surface area contributed by atoms with Crippen LogP contribution in [0.25, 0.3) is 0 Å². The minimum atomic E-state index is -1.80. The van der Waals surface area contributed by atoms with E-state index in [1.54, 1.807) is 0 Å². The highest BCUT2D eigenvalue weighted by Gasteiger charge is 2.48. The highest BCUT2D eigenvalue weighted by atomic mass is 35.5. The Balaban J connectivity index is 1.73. The van der Waals surface area contributed by atoms with Crippen LogP contribution in [-0.4, -0.2) is 54.9 Å². The van der Waals surface area contributed by atoms with E-state index >= 15 is 0 Å². The summed E-state index contributed by atoms with van der Waals surface area (Å²) < 4.78 is 18.2. The molecule has 0 bridgehead atoms. The average molecular weight is 418 g/mol. The molecule has 0 N–H and O–H groups in total. The molecule has 24 heavy (non-hydrogen) atoms. The van der Waals surface area contributed by atoms with E-state index in [1.165, 1.54) is 0 Å². The lowest BCUT2D eigenvalue weighted by atomic mass is 9.95. The van der Waals surface area contributed by atoms with Crippen LogP contribution in [0.1, 0.15) is 0 Å². The molecule has 3 aliphatic rings. The number of epoxide rings is 2. The van der Waals surface area contributed by atoms with Crippen LogP contribution < -0.4 is 0 Å². The molecule has 0 aromatic carbocycles. The van der Waals surface area contributed by atoms with Crippen LogP contribution in [0.4, 0.5) is 0 Å². The molecule has 3 atom stereocenters. The molecule has 0 aromatic heterocycles. The molecule has 0 saturated carbocycles. The average Bonchev–Trinajstić information content (AvgIpc) is 3.40. The smallest absolute Gasteiger partial charge is 0.339 e. The fourth-order valence-electron chi connectivity index (χ4n) is 2.01. The van der Waals surface area contributed by atoms with Crippen molar-refractivity contribution in [3.8, 4) is 0 Å². The molecule has 0 aromatic rings. The lowest BCUT2D eigenvalue weighted by Gasteiger charge is -2.30. The number of alkyl halides is 2. The van der Waals surface area contributed by atoms with E-state index < -0.39 is 22.2 Å². The number of halogens is 4. The number of allylic oxidation sites excluding steroid dienone is 1. The van der Waals surface area contributed by atoms with Crippen LogP contribution in [-0.2, 0) is 28.5 Å². The zero-order valence-corrected chi connectivity index (χ0v) is 15.1. The Bertz CT molecular complexity index is 621. The van der Waals surface area contributed by atoms with E-state index in [2.05, 4.69) is 0 Å². The van der Waals surface area contributed by atoms with Gasteiger partial charge in [0, 0.05) is 0 Å². The van der Waals surface area contributed by atoms with E-state index in [4.69, 9.17) is 65.4 Å². The number of hydrogen-bond donors (Lipinski definition) is 0. The summed E-state index contributed by atoms with van der Waals surface area (Å²) in [6.45, 7) is 1.21. The monoisotopic (exact) mass is 416 g/mol. The fraction of sp³-hybridized carbons (Fsp3) is 0.571. The van der Waals surface area contributed by atoms with Gasteiger partial charge in [-0.15, -0.1) is 0 Å². The lowest BCUT2D eigenvalue weighted by Crippen LogP contribution is -2.37. The van der Waals surface area contributed by atoms with E-state index in [0.717, 1.165) is 6.08 Å². The predicted octanol–water partition coefficient (Wildman–Crippen LogP) is 2.29. The number of ether oxygens (including phenoxy) is 4. The van der Waals surface area contributed by atoms with Gasteiger partial charge in [0.2, 0.25) is 0 Å². The van der Waals surface area contributed by atoms with Crippen molar-refractivity contribution in [2.45, 2.75) is 16.5 Å². The van der Waals surface area contributed by atoms with E-state index in [1.807, 2.05) is 0 Å². The summed E-state index contributed by atoms with van der Waals surface area (Å²) in [5, 5.41) is -0.333. The summed E-state index contributed by atoms with van der Waals surface area (Å²) in [5.74, 6) is -2.76. The SMILES string of the molecule is O=C(OCC1CO1)C1=CC(Cl)(Cl)C(C(=O)OCC2CO2)C(Cl)=C1Cl. The van der Waals surface area contributed by atoms with Crippen LogP contribution >= 0.6 is 46.4 Å². The minimum absolute atomic E-state index is 0.0704. The molecule has 0 amide bonds. The van der Waals surface area contributed by atoms with Crippen LogP contribution in [0.2, 0.25) is 0 Å². The maximum Gasteiger partial charge on any atom is 0.339 e. The van der Waals surface area contributed by atoms with Gasteiger partial charge in [0.1, 0.15) is 31.3 Å². The van der Waals surface area contributed by atoms with Gasteiger partial charge in [-0.3, -0.25) is 4.79 Å². The third kappa shape index (κ3) is 4.18. The second-order valence-corrected chi connectivity index (χ2v) is 7.70. The minimum Gasteiger partial charge on any atom is -0.462 e. The molecule has 2 saturated heterocycles. The molecular weight excluding hydrogens is 406 g/mol. The second-order valence-electron chi connectivity index (χ2n) is 5.47. The molecule has 3 rings (SSSR count). The van der Waals surface area contributed by atoms with E-state index in [0.29, 0.717) is 13.2 Å². The van der Waals surface area contributed by atoms with Gasteiger partial charge < -0.3 is 18.9 Å². The molecule has 2 fully saturated rings. The Morgan fingerprint density at radius 2 is 1.67 bits per heavy atom. The van der Waals surface area contributed by atoms with Crippen molar-refractivity contribution < 1.29 is 28.5 Å². The lowest BCUT2D eigenvalue weighted by molar-refractivity contribution is -0.147. The van der Waals surface area contributed by atoms with Crippen molar-refractivity contribution in [1.29, 1.82) is 0 Å². The van der Waals surface area contributed by atoms with Gasteiger partial charge >= 0.3 is 11.9 Å². The zero-order valence-electron chi connectivity index (χ0n) is 12.1. The number of rotatable bonds is 6. The first kappa shape index (κ1) is 18.3. The maximum absolute atomic E-state index is 12.2. The van der Waals surface area contributed by atoms with Crippen molar-refractivity contribution in [3.63, 3.8) is 0 Å². The van der Waals surface area contributed by atoms with Gasteiger partial charge in [0.25, 0.3) is 0 Å². The van der Waals surface area contributed by atoms with Crippen molar-refractivity contribution in [2.24, 2.45) is 5.92 Å². The Labute approximate surface area is 157 Å². The maximum atomic E-state index is 12.2. The van der Waals surface area contributed by atoms with Crippen molar-refractivity contribution in [2.75, 3.05) is 26.4 Å². The molecule has 10 heteroatoms. The molecule has 2 aliphatic heterocycles. The van der Waals surface area contributed by atoms with E-state index in [-0.39, 0.29) is 41.1 Å². The number of esters is 2. The first-order chi connectivity index (χ1) is 11.3. The highest BCUT2D eigenvalue weighted by Crippen LogP contribution is 2.47. The van der Waals surface area contributed by atoms with Crippen LogP contribution in [0, 0.1) is 5.92 Å². The largest absolute Gasteiger partial charge is 0.462 e. The Morgan fingerprint density at radius 3 is 2.21 bits per heavy atom. The first-order valence-electron chi connectivity index (χ1n) is 7.02. The van der Waals surface area contributed by atoms with Gasteiger partial charge in [-0.2, -0.15) is 0 Å². The second kappa shape index (κ2) is 7.02. The third-order valence-electron chi connectivity index (χ3n) is 3.49. The zero-order chi connectivity index (χ0) is 17.5. The molecule has 3 unspecified atom stereocenters. The van der Waals surface area contributed by atoms with Crippen LogP contribution in [0.3, 0.4) is 0 Å². The summed E-state index contributed by atoms with van der Waals surface area (Å²) >= 11 is 24.6. The Morgan fingerprint density at radius 1 is 1.12 bits per heavy atom. The highest BCUT2D eigenvalue weighted by molar-refractivity contribution is 6.54. The molecule has 0 spiro atoms. The number of carbonyl (C=O) groups is 2. The Kier molecular flexibility index (Phi) is 5.35. The van der Waals surface area contributed by atoms with Gasteiger partial charge in [0.15, 0.2) is 4.33 Å². The summed E-state index contributed by atoms with van der Waals surface area (Å²) in [4.78, 5) is 24.3. The first-order valence-corrected chi connectivity index (χ1v) is 8.54. The van der Waals surface area contributed by atoms with Crippen LogP contribution in [0.5, 0.6) is 0 Å². The molecule has 6 nitrogen and oxygen atoms in total. The summed E-state index contributed by atoms with van der Waals surface area (Å²) in [5.41, 5.74) is -0.109. The predicted molar refractivity (Wildman–Crippen MR) is 86.1 cm³/mol. The third-order valence-corrected chi connectivity index (χ3v) is 5.06. The molecular formula is C14H12Cl4O6. The van der Waals surface area contributed by atoms with Gasteiger partial charge in [-0.05, 0) is 6.08 Å². The number of carbonyl (C=O) groups excluding carboxylic acids is 2. The van der Waals surface area contributed by atoms with E-state index in [9.17, 15) is 9.59 Å². The molecule has 0 radical (unpaired) electrons. The summed E-state index contributed by atoms with van der Waals surface area (Å²) in [7, 11) is 0. The standard InChI is InChI=1S/C14H12Cl4O6/c15-10-8(12(19)23-4-6-2-21-6)1-14(17,18)9(11(10)16)13(20)24-5-7-3-22-7/h1,6-7,9H,2-5H2. The summed E-state index contributed by atoms with van der Waals surface area (Å²) in [6, 6.07) is 0. The van der Waals surface area contributed by atoms with Gasteiger partial charge in [-0.25, -0.2) is 4.79 Å². The number of hydrogen-bond acceptors (Lipinski definition) is 6. The molecule has 2 heterocycles. The van der Waals surface area contributed by atoms with Gasteiger partial charge in [0.05, 0.1) is 28.9 Å².